The topological polar surface area (TPSA) is 41.1 Å². The van der Waals surface area contributed by atoms with Crippen molar-refractivity contribution in [2.24, 2.45) is 0 Å². The molecule has 0 radical (unpaired) electrons. The Kier molecular flexibility index (Phi) is 4.51. The van der Waals surface area contributed by atoms with E-state index in [0.717, 1.165) is 12.0 Å². The van der Waals surface area contributed by atoms with E-state index in [9.17, 15) is 9.18 Å². The van der Waals surface area contributed by atoms with E-state index in [2.05, 4.69) is 10.6 Å². The van der Waals surface area contributed by atoms with Crippen molar-refractivity contribution in [2.75, 3.05) is 5.32 Å². The molecule has 16 heavy (non-hydrogen) atoms. The molecule has 0 unspecified atom stereocenters. The van der Waals surface area contributed by atoms with E-state index in [1.165, 1.54) is 12.1 Å². The lowest BCUT2D eigenvalue weighted by molar-refractivity contribution is 0.255. The maximum Gasteiger partial charge on any atom is 0.323 e. The molecule has 4 heteroatoms. The third-order valence-corrected chi connectivity index (χ3v) is 2.13. The smallest absolute Gasteiger partial charge is 0.314 e. The van der Waals surface area contributed by atoms with Crippen LogP contribution in [0.1, 0.15) is 20.3 Å². The molecule has 0 heterocycles. The first-order valence-corrected chi connectivity index (χ1v) is 5.11. The lowest BCUT2D eigenvalue weighted by Crippen LogP contribution is -2.24. The predicted octanol–water partition coefficient (Wildman–Crippen LogP) is 3.26. The van der Waals surface area contributed by atoms with E-state index in [4.69, 9.17) is 0 Å². The number of rotatable bonds is 3. The average Bonchev–Trinajstić information content (AvgIpc) is 2.29. The Balaban J connectivity index is 2.56. The molecule has 1 aromatic rings. The van der Waals surface area contributed by atoms with Gasteiger partial charge in [0.1, 0.15) is 5.82 Å². The zero-order chi connectivity index (χ0) is 12.0. The zero-order valence-electron chi connectivity index (χ0n) is 9.38. The molecule has 0 spiro atoms. The number of carbonyl (C=O) groups is 1. The summed E-state index contributed by atoms with van der Waals surface area (Å²) >= 11 is 0. The second-order valence-electron chi connectivity index (χ2n) is 3.42. The number of allylic oxidation sites excluding steroid dienone is 1. The first-order valence-electron chi connectivity index (χ1n) is 5.11. The summed E-state index contributed by atoms with van der Waals surface area (Å²) in [7, 11) is 0. The van der Waals surface area contributed by atoms with Gasteiger partial charge in [-0.25, -0.2) is 9.18 Å². The Morgan fingerprint density at radius 3 is 2.75 bits per heavy atom. The van der Waals surface area contributed by atoms with Crippen LogP contribution >= 0.6 is 0 Å². The number of halogens is 1. The monoisotopic (exact) mass is 222 g/mol. The number of carbonyl (C=O) groups excluding carboxylic acids is 1. The fourth-order valence-electron chi connectivity index (χ4n) is 1.01. The highest BCUT2D eigenvalue weighted by Gasteiger charge is 2.03. The van der Waals surface area contributed by atoms with Gasteiger partial charge in [0.15, 0.2) is 0 Å². The molecule has 0 aromatic heterocycles. The minimum absolute atomic E-state index is 0.169. The minimum Gasteiger partial charge on any atom is -0.314 e. The van der Waals surface area contributed by atoms with Gasteiger partial charge in [-0.2, -0.15) is 0 Å². The van der Waals surface area contributed by atoms with Gasteiger partial charge >= 0.3 is 6.03 Å². The predicted molar refractivity (Wildman–Crippen MR) is 62.6 cm³/mol. The third-order valence-electron chi connectivity index (χ3n) is 2.13. The van der Waals surface area contributed by atoms with Crippen molar-refractivity contribution < 1.29 is 9.18 Å². The molecule has 0 aliphatic heterocycles. The van der Waals surface area contributed by atoms with E-state index in [-0.39, 0.29) is 5.69 Å². The number of hydrogen-bond acceptors (Lipinski definition) is 1. The minimum atomic E-state index is -0.450. The molecule has 0 atom stereocenters. The quantitative estimate of drug-likeness (QED) is 0.809. The standard InChI is InChI=1S/C12H15FN2O/c1-3-9(2)8-14-12(16)15-11-7-5-4-6-10(11)13/h4-8H,3H2,1-2H3,(H2,14,15,16)/b9-8+. The van der Waals surface area contributed by atoms with Gasteiger partial charge in [0.05, 0.1) is 5.69 Å². The van der Waals surface area contributed by atoms with Gasteiger partial charge < -0.3 is 10.6 Å². The lowest BCUT2D eigenvalue weighted by atomic mass is 10.3. The number of nitrogens with one attached hydrogen (secondary N) is 2. The van der Waals surface area contributed by atoms with Gasteiger partial charge in [-0.05, 0) is 25.5 Å². The summed E-state index contributed by atoms with van der Waals surface area (Å²) in [6.45, 7) is 3.89. The Morgan fingerprint density at radius 2 is 2.12 bits per heavy atom. The van der Waals surface area contributed by atoms with E-state index in [1.54, 1.807) is 18.3 Å². The number of anilines is 1. The Labute approximate surface area is 94.4 Å². The van der Waals surface area contributed by atoms with E-state index < -0.39 is 11.8 Å². The van der Waals surface area contributed by atoms with Gasteiger partial charge in [-0.1, -0.05) is 24.6 Å². The molecule has 1 rings (SSSR count). The molecule has 3 nitrogen and oxygen atoms in total. The van der Waals surface area contributed by atoms with Crippen LogP contribution in [0.15, 0.2) is 36.0 Å². The van der Waals surface area contributed by atoms with Crippen LogP contribution in [-0.4, -0.2) is 6.03 Å². The average molecular weight is 222 g/mol. The molecule has 2 N–H and O–H groups in total. The van der Waals surface area contributed by atoms with Crippen LogP contribution in [0.3, 0.4) is 0 Å². The van der Waals surface area contributed by atoms with Crippen LogP contribution in [0, 0.1) is 5.82 Å². The van der Waals surface area contributed by atoms with Gasteiger partial charge in [0.25, 0.3) is 0 Å². The molecule has 86 valence electrons. The number of para-hydroxylation sites is 1. The van der Waals surface area contributed by atoms with Gasteiger partial charge in [0.2, 0.25) is 0 Å². The van der Waals surface area contributed by atoms with E-state index in [1.807, 2.05) is 13.8 Å². The maximum absolute atomic E-state index is 13.2. The van der Waals surface area contributed by atoms with Crippen LogP contribution in [0.5, 0.6) is 0 Å². The number of urea groups is 1. The van der Waals surface area contributed by atoms with Crippen LogP contribution in [0.25, 0.3) is 0 Å². The van der Waals surface area contributed by atoms with Crippen molar-refractivity contribution in [1.82, 2.24) is 5.32 Å². The van der Waals surface area contributed by atoms with Crippen LogP contribution in [0.2, 0.25) is 0 Å². The van der Waals surface area contributed by atoms with Crippen LogP contribution in [0.4, 0.5) is 14.9 Å². The molecule has 0 saturated heterocycles. The number of benzene rings is 1. The third kappa shape index (κ3) is 3.73. The van der Waals surface area contributed by atoms with Crippen molar-refractivity contribution in [3.8, 4) is 0 Å². The highest BCUT2D eigenvalue weighted by Crippen LogP contribution is 2.11. The zero-order valence-corrected chi connectivity index (χ0v) is 9.38. The fourth-order valence-corrected chi connectivity index (χ4v) is 1.01. The summed E-state index contributed by atoms with van der Waals surface area (Å²) < 4.78 is 13.2. The molecule has 0 saturated carbocycles. The van der Waals surface area contributed by atoms with Gasteiger partial charge in [0, 0.05) is 6.20 Å². The highest BCUT2D eigenvalue weighted by molar-refractivity contribution is 5.89. The molecule has 1 aromatic carbocycles. The van der Waals surface area contributed by atoms with E-state index in [0.29, 0.717) is 0 Å². The summed E-state index contributed by atoms with van der Waals surface area (Å²) in [5.41, 5.74) is 1.21. The first-order chi connectivity index (χ1) is 7.63. The van der Waals surface area contributed by atoms with Crippen LogP contribution < -0.4 is 10.6 Å². The summed E-state index contributed by atoms with van der Waals surface area (Å²) in [6.07, 6.45) is 2.47. The van der Waals surface area contributed by atoms with Crippen molar-refractivity contribution in [2.45, 2.75) is 20.3 Å². The summed E-state index contributed by atoms with van der Waals surface area (Å²) in [6, 6.07) is 5.58. The van der Waals surface area contributed by atoms with Crippen molar-refractivity contribution in [3.63, 3.8) is 0 Å². The highest BCUT2D eigenvalue weighted by atomic mass is 19.1. The number of hydrogen-bond donors (Lipinski definition) is 2. The fraction of sp³-hybridized carbons (Fsp3) is 0.250. The number of amides is 2. The molecule has 0 fully saturated rings. The molecular formula is C12H15FN2O. The SMILES string of the molecule is CC/C(C)=C/NC(=O)Nc1ccccc1F. The molecular weight excluding hydrogens is 207 g/mol. The second-order valence-corrected chi connectivity index (χ2v) is 3.42. The molecule has 0 bridgehead atoms. The van der Waals surface area contributed by atoms with Gasteiger partial charge in [-0.15, -0.1) is 0 Å². The van der Waals surface area contributed by atoms with Gasteiger partial charge in [-0.3, -0.25) is 0 Å². The summed E-state index contributed by atoms with van der Waals surface area (Å²) in [5.74, 6) is -0.450. The summed E-state index contributed by atoms with van der Waals surface area (Å²) in [4.78, 5) is 11.4. The molecule has 0 aliphatic carbocycles. The molecule has 0 aliphatic rings. The Bertz CT molecular complexity index is 402. The normalized spacial score (nSPS) is 11.1. The van der Waals surface area contributed by atoms with Crippen molar-refractivity contribution in [3.05, 3.63) is 41.9 Å². The van der Waals surface area contributed by atoms with Crippen molar-refractivity contribution >= 4 is 11.7 Å². The van der Waals surface area contributed by atoms with Crippen molar-refractivity contribution in [1.29, 1.82) is 0 Å². The largest absolute Gasteiger partial charge is 0.323 e. The van der Waals surface area contributed by atoms with Crippen LogP contribution in [-0.2, 0) is 0 Å². The molecule has 2 amide bonds. The second kappa shape index (κ2) is 5.90. The van der Waals surface area contributed by atoms with E-state index >= 15 is 0 Å². The lowest BCUT2D eigenvalue weighted by Gasteiger charge is -2.05. The summed E-state index contributed by atoms with van der Waals surface area (Å²) in [5, 5.41) is 4.95. The Morgan fingerprint density at radius 1 is 1.44 bits per heavy atom. The first kappa shape index (κ1) is 12.2. The Hall–Kier alpha value is -1.84. The maximum atomic E-state index is 13.2.